The molecule has 0 saturated carbocycles. The third kappa shape index (κ3) is 3.54. The highest BCUT2D eigenvalue weighted by Gasteiger charge is 2.06. The van der Waals surface area contributed by atoms with Crippen molar-refractivity contribution in [2.45, 2.75) is 19.9 Å². The van der Waals surface area contributed by atoms with Crippen LogP contribution in [0.5, 0.6) is 0 Å². The molecule has 2 aromatic rings. The molecular weight excluding hydrogens is 242 g/mol. The SMILES string of the molecule is Cc1ccc(C(=O)NCCCn2ccnn2)cc1N. The maximum atomic E-state index is 11.9. The molecule has 0 radical (unpaired) electrons. The number of carbonyl (C=O) groups is 1. The van der Waals surface area contributed by atoms with Crippen LogP contribution in [0.3, 0.4) is 0 Å². The molecule has 0 aliphatic carbocycles. The van der Waals surface area contributed by atoms with Crippen molar-refractivity contribution in [1.82, 2.24) is 20.3 Å². The van der Waals surface area contributed by atoms with E-state index in [2.05, 4.69) is 15.6 Å². The predicted octanol–water partition coefficient (Wildman–Crippen LogP) is 0.989. The number of nitrogens with zero attached hydrogens (tertiary/aromatic N) is 3. The number of nitrogens with two attached hydrogens (primary N) is 1. The molecule has 6 nitrogen and oxygen atoms in total. The molecule has 0 spiro atoms. The van der Waals surface area contributed by atoms with Gasteiger partial charge in [-0.05, 0) is 31.0 Å². The van der Waals surface area contributed by atoms with Crippen molar-refractivity contribution >= 4 is 11.6 Å². The van der Waals surface area contributed by atoms with Crippen molar-refractivity contribution in [3.8, 4) is 0 Å². The number of nitrogens with one attached hydrogen (secondary N) is 1. The molecule has 100 valence electrons. The molecular formula is C13H17N5O. The molecule has 0 atom stereocenters. The number of amides is 1. The minimum absolute atomic E-state index is 0.106. The van der Waals surface area contributed by atoms with E-state index >= 15 is 0 Å². The highest BCUT2D eigenvalue weighted by molar-refractivity contribution is 5.95. The Morgan fingerprint density at radius 3 is 3.00 bits per heavy atom. The third-order valence-electron chi connectivity index (χ3n) is 2.86. The standard InChI is InChI=1S/C13H17N5O/c1-10-3-4-11(9-12(10)14)13(19)15-5-2-7-18-8-6-16-17-18/h3-4,6,8-9H,2,5,7,14H2,1H3,(H,15,19). The van der Waals surface area contributed by atoms with Crippen LogP contribution in [0.2, 0.25) is 0 Å². The van der Waals surface area contributed by atoms with Gasteiger partial charge in [0, 0.05) is 30.5 Å². The fraction of sp³-hybridized carbons (Fsp3) is 0.308. The van der Waals surface area contributed by atoms with Crippen molar-refractivity contribution in [2.24, 2.45) is 0 Å². The number of anilines is 1. The van der Waals surface area contributed by atoms with Gasteiger partial charge in [0.1, 0.15) is 0 Å². The van der Waals surface area contributed by atoms with Gasteiger partial charge in [-0.25, -0.2) is 0 Å². The lowest BCUT2D eigenvalue weighted by Crippen LogP contribution is -2.25. The first kappa shape index (κ1) is 13.1. The molecule has 0 fully saturated rings. The number of aryl methyl sites for hydroxylation is 2. The molecule has 0 saturated heterocycles. The largest absolute Gasteiger partial charge is 0.398 e. The van der Waals surface area contributed by atoms with Crippen molar-refractivity contribution < 1.29 is 4.79 Å². The lowest BCUT2D eigenvalue weighted by molar-refractivity contribution is 0.0952. The van der Waals surface area contributed by atoms with Gasteiger partial charge in [-0.2, -0.15) is 0 Å². The van der Waals surface area contributed by atoms with E-state index in [1.807, 2.05) is 13.0 Å². The van der Waals surface area contributed by atoms with E-state index < -0.39 is 0 Å². The van der Waals surface area contributed by atoms with Gasteiger partial charge in [0.2, 0.25) is 0 Å². The predicted molar refractivity (Wildman–Crippen MR) is 72.6 cm³/mol. The molecule has 1 heterocycles. The van der Waals surface area contributed by atoms with Crippen LogP contribution in [0, 0.1) is 6.92 Å². The molecule has 1 aromatic carbocycles. The maximum absolute atomic E-state index is 11.9. The molecule has 1 aromatic heterocycles. The number of benzene rings is 1. The van der Waals surface area contributed by atoms with Crippen LogP contribution in [0.1, 0.15) is 22.3 Å². The Bertz CT molecular complexity index is 550. The molecule has 0 unspecified atom stereocenters. The summed E-state index contributed by atoms with van der Waals surface area (Å²) < 4.78 is 1.73. The second-order valence-electron chi connectivity index (χ2n) is 4.35. The van der Waals surface area contributed by atoms with Crippen LogP contribution in [0.25, 0.3) is 0 Å². The van der Waals surface area contributed by atoms with E-state index in [-0.39, 0.29) is 5.91 Å². The summed E-state index contributed by atoms with van der Waals surface area (Å²) in [6.45, 7) is 3.23. The van der Waals surface area contributed by atoms with Crippen LogP contribution in [0.4, 0.5) is 5.69 Å². The normalized spacial score (nSPS) is 10.4. The first-order valence-electron chi connectivity index (χ1n) is 6.15. The van der Waals surface area contributed by atoms with E-state index in [0.717, 1.165) is 18.5 Å². The minimum Gasteiger partial charge on any atom is -0.398 e. The van der Waals surface area contributed by atoms with Gasteiger partial charge in [-0.3, -0.25) is 9.48 Å². The van der Waals surface area contributed by atoms with Gasteiger partial charge < -0.3 is 11.1 Å². The average molecular weight is 259 g/mol. The fourth-order valence-electron chi connectivity index (χ4n) is 1.68. The summed E-state index contributed by atoms with van der Waals surface area (Å²) in [5.41, 5.74) is 7.98. The van der Waals surface area contributed by atoms with Crippen LogP contribution in [-0.4, -0.2) is 27.4 Å². The van der Waals surface area contributed by atoms with E-state index in [9.17, 15) is 4.79 Å². The van der Waals surface area contributed by atoms with E-state index in [1.54, 1.807) is 29.2 Å². The van der Waals surface area contributed by atoms with E-state index in [0.29, 0.717) is 17.8 Å². The quantitative estimate of drug-likeness (QED) is 0.619. The summed E-state index contributed by atoms with van der Waals surface area (Å²) in [6.07, 6.45) is 4.23. The summed E-state index contributed by atoms with van der Waals surface area (Å²) in [5.74, 6) is -0.106. The van der Waals surface area contributed by atoms with Crippen LogP contribution < -0.4 is 11.1 Å². The Hall–Kier alpha value is -2.37. The first-order valence-corrected chi connectivity index (χ1v) is 6.15. The first-order chi connectivity index (χ1) is 9.16. The zero-order valence-electron chi connectivity index (χ0n) is 10.8. The number of aromatic nitrogens is 3. The second kappa shape index (κ2) is 5.99. The summed E-state index contributed by atoms with van der Waals surface area (Å²) >= 11 is 0. The van der Waals surface area contributed by atoms with Gasteiger partial charge in [0.15, 0.2) is 0 Å². The third-order valence-corrected chi connectivity index (χ3v) is 2.86. The van der Waals surface area contributed by atoms with E-state index in [4.69, 9.17) is 5.73 Å². The van der Waals surface area contributed by atoms with Crippen molar-refractivity contribution in [3.05, 3.63) is 41.7 Å². The molecule has 2 rings (SSSR count). The van der Waals surface area contributed by atoms with E-state index in [1.165, 1.54) is 0 Å². The Kier molecular flexibility index (Phi) is 4.12. The molecule has 0 bridgehead atoms. The maximum Gasteiger partial charge on any atom is 0.251 e. The number of carbonyl (C=O) groups excluding carboxylic acids is 1. The summed E-state index contributed by atoms with van der Waals surface area (Å²) in [7, 11) is 0. The number of nitrogen functional groups attached to an aromatic ring is 1. The Labute approximate surface area is 111 Å². The number of hydrogen-bond acceptors (Lipinski definition) is 4. The lowest BCUT2D eigenvalue weighted by Gasteiger charge is -2.07. The Morgan fingerprint density at radius 2 is 2.32 bits per heavy atom. The van der Waals surface area contributed by atoms with Crippen LogP contribution >= 0.6 is 0 Å². The van der Waals surface area contributed by atoms with Gasteiger partial charge in [0.05, 0.1) is 6.20 Å². The lowest BCUT2D eigenvalue weighted by atomic mass is 10.1. The van der Waals surface area contributed by atoms with Crippen LogP contribution in [-0.2, 0) is 6.54 Å². The topological polar surface area (TPSA) is 85.8 Å². The van der Waals surface area contributed by atoms with Gasteiger partial charge >= 0.3 is 0 Å². The molecule has 19 heavy (non-hydrogen) atoms. The van der Waals surface area contributed by atoms with Gasteiger partial charge in [-0.1, -0.05) is 11.3 Å². The molecule has 3 N–H and O–H groups in total. The summed E-state index contributed by atoms with van der Waals surface area (Å²) in [5, 5.41) is 10.4. The van der Waals surface area contributed by atoms with Gasteiger partial charge in [0.25, 0.3) is 5.91 Å². The molecule has 0 aliphatic heterocycles. The summed E-state index contributed by atoms with van der Waals surface area (Å²) in [6, 6.07) is 5.32. The highest BCUT2D eigenvalue weighted by Crippen LogP contribution is 2.12. The minimum atomic E-state index is -0.106. The average Bonchev–Trinajstić information content (AvgIpc) is 2.91. The zero-order chi connectivity index (χ0) is 13.7. The van der Waals surface area contributed by atoms with Gasteiger partial charge in [-0.15, -0.1) is 5.10 Å². The van der Waals surface area contributed by atoms with Crippen LogP contribution in [0.15, 0.2) is 30.6 Å². The second-order valence-corrected chi connectivity index (χ2v) is 4.35. The fourth-order valence-corrected chi connectivity index (χ4v) is 1.68. The van der Waals surface area contributed by atoms with Crippen molar-refractivity contribution in [3.63, 3.8) is 0 Å². The molecule has 6 heteroatoms. The van der Waals surface area contributed by atoms with Crippen molar-refractivity contribution in [1.29, 1.82) is 0 Å². The Balaban J connectivity index is 1.79. The highest BCUT2D eigenvalue weighted by atomic mass is 16.1. The summed E-state index contributed by atoms with van der Waals surface area (Å²) in [4.78, 5) is 11.9. The zero-order valence-corrected chi connectivity index (χ0v) is 10.8. The smallest absolute Gasteiger partial charge is 0.251 e. The molecule has 0 aliphatic rings. The monoisotopic (exact) mass is 259 g/mol. The Morgan fingerprint density at radius 1 is 1.47 bits per heavy atom. The number of hydrogen-bond donors (Lipinski definition) is 2. The number of rotatable bonds is 5. The molecule has 1 amide bonds. The van der Waals surface area contributed by atoms with Crippen molar-refractivity contribution in [2.75, 3.05) is 12.3 Å².